The molecule has 3 rings (SSSR count). The van der Waals surface area contributed by atoms with Gasteiger partial charge < -0.3 is 19.9 Å². The Morgan fingerprint density at radius 1 is 1.38 bits per heavy atom. The number of rotatable bonds is 4. The molecule has 2 fully saturated rings. The first-order valence-corrected chi connectivity index (χ1v) is 8.43. The van der Waals surface area contributed by atoms with Gasteiger partial charge in [-0.25, -0.2) is 4.98 Å². The summed E-state index contributed by atoms with van der Waals surface area (Å²) in [6.45, 7) is 5.62. The van der Waals surface area contributed by atoms with Gasteiger partial charge in [-0.3, -0.25) is 9.59 Å². The Morgan fingerprint density at radius 3 is 2.83 bits per heavy atom. The van der Waals surface area contributed by atoms with Crippen LogP contribution in [0.5, 0.6) is 5.88 Å². The van der Waals surface area contributed by atoms with E-state index in [0.29, 0.717) is 64.0 Å². The number of amides is 2. The Labute approximate surface area is 141 Å². The number of hydrogen-bond acceptors (Lipinski definition) is 6. The van der Waals surface area contributed by atoms with Gasteiger partial charge in [-0.05, 0) is 13.3 Å². The molecule has 130 valence electrons. The molecule has 2 amide bonds. The second-order valence-electron chi connectivity index (χ2n) is 5.98. The number of carbonyl (C=O) groups excluding carboxylic acids is 2. The molecule has 1 atom stereocenters. The molecule has 0 bridgehead atoms. The van der Waals surface area contributed by atoms with Gasteiger partial charge in [0, 0.05) is 51.4 Å². The smallest absolute Gasteiger partial charge is 0.228 e. The topological polar surface area (TPSA) is 87.7 Å². The summed E-state index contributed by atoms with van der Waals surface area (Å²) in [4.78, 5) is 36.4. The number of piperazine rings is 1. The van der Waals surface area contributed by atoms with E-state index >= 15 is 0 Å². The lowest BCUT2D eigenvalue weighted by Crippen LogP contribution is -2.53. The van der Waals surface area contributed by atoms with Crippen molar-refractivity contribution >= 4 is 17.8 Å². The Balaban J connectivity index is 1.54. The van der Waals surface area contributed by atoms with E-state index in [0.717, 1.165) is 0 Å². The zero-order valence-electron chi connectivity index (χ0n) is 13.9. The van der Waals surface area contributed by atoms with Gasteiger partial charge in [0.15, 0.2) is 0 Å². The minimum absolute atomic E-state index is 0.0372. The van der Waals surface area contributed by atoms with Crippen LogP contribution < -0.4 is 15.0 Å². The number of piperidine rings is 1. The monoisotopic (exact) mass is 333 g/mol. The van der Waals surface area contributed by atoms with Crippen LogP contribution in [-0.4, -0.2) is 66.0 Å². The summed E-state index contributed by atoms with van der Waals surface area (Å²) in [5.41, 5.74) is 0. The first kappa shape index (κ1) is 16.5. The quantitative estimate of drug-likeness (QED) is 0.838. The fourth-order valence-electron chi connectivity index (χ4n) is 3.04. The molecule has 0 radical (unpaired) electrons. The van der Waals surface area contributed by atoms with E-state index in [1.807, 2.05) is 11.8 Å². The third kappa shape index (κ3) is 3.74. The van der Waals surface area contributed by atoms with Crippen molar-refractivity contribution in [2.45, 2.75) is 19.8 Å². The standard InChI is InChI=1S/C16H23N5O3/c1-2-24-14-5-6-17-16(19-14)21-9-7-20(8-10-21)15(23)12-3-4-13(22)18-11-12/h5-6,12H,2-4,7-11H2,1H3,(H,18,22)/t12-/m1/s1. The van der Waals surface area contributed by atoms with E-state index in [9.17, 15) is 9.59 Å². The normalized spacial score (nSPS) is 21.4. The number of ether oxygens (including phenoxy) is 1. The number of hydrogen-bond donors (Lipinski definition) is 1. The summed E-state index contributed by atoms with van der Waals surface area (Å²) in [5, 5.41) is 2.77. The van der Waals surface area contributed by atoms with Crippen LogP contribution in [0.1, 0.15) is 19.8 Å². The van der Waals surface area contributed by atoms with Gasteiger partial charge in [0.05, 0.1) is 12.5 Å². The molecule has 8 nitrogen and oxygen atoms in total. The molecule has 3 heterocycles. The van der Waals surface area contributed by atoms with Crippen molar-refractivity contribution in [1.82, 2.24) is 20.2 Å². The SMILES string of the molecule is CCOc1ccnc(N2CCN(C(=O)[C@@H]3CCC(=O)NC3)CC2)n1. The molecular formula is C16H23N5O3. The van der Waals surface area contributed by atoms with Gasteiger partial charge in [0.2, 0.25) is 23.6 Å². The Hall–Kier alpha value is -2.38. The predicted octanol–water partition coefficient (Wildman–Crippen LogP) is 0.0501. The highest BCUT2D eigenvalue weighted by molar-refractivity contribution is 5.83. The lowest BCUT2D eigenvalue weighted by atomic mass is 9.97. The summed E-state index contributed by atoms with van der Waals surface area (Å²) in [6.07, 6.45) is 2.77. The van der Waals surface area contributed by atoms with Gasteiger partial charge in [-0.1, -0.05) is 0 Å². The molecular weight excluding hydrogens is 310 g/mol. The Bertz CT molecular complexity index is 591. The summed E-state index contributed by atoms with van der Waals surface area (Å²) in [6, 6.07) is 1.74. The van der Waals surface area contributed by atoms with Crippen LogP contribution in [0.25, 0.3) is 0 Å². The predicted molar refractivity (Wildman–Crippen MR) is 87.7 cm³/mol. The highest BCUT2D eigenvalue weighted by Gasteiger charge is 2.30. The van der Waals surface area contributed by atoms with Crippen molar-refractivity contribution < 1.29 is 14.3 Å². The van der Waals surface area contributed by atoms with Crippen molar-refractivity contribution in [2.75, 3.05) is 44.2 Å². The fraction of sp³-hybridized carbons (Fsp3) is 0.625. The van der Waals surface area contributed by atoms with E-state index in [2.05, 4.69) is 20.2 Å². The molecule has 0 saturated carbocycles. The van der Waals surface area contributed by atoms with Crippen molar-refractivity contribution in [3.8, 4) is 5.88 Å². The molecule has 2 aliphatic rings. The van der Waals surface area contributed by atoms with E-state index < -0.39 is 0 Å². The summed E-state index contributed by atoms with van der Waals surface area (Å²) in [5.74, 6) is 1.29. The molecule has 1 aromatic heterocycles. The second-order valence-corrected chi connectivity index (χ2v) is 5.98. The molecule has 24 heavy (non-hydrogen) atoms. The number of nitrogens with one attached hydrogen (secondary N) is 1. The van der Waals surface area contributed by atoms with Crippen molar-refractivity contribution in [3.05, 3.63) is 12.3 Å². The first-order valence-electron chi connectivity index (χ1n) is 8.43. The number of carbonyl (C=O) groups is 2. The average molecular weight is 333 g/mol. The molecule has 2 aliphatic heterocycles. The summed E-state index contributed by atoms with van der Waals surface area (Å²) < 4.78 is 5.41. The summed E-state index contributed by atoms with van der Waals surface area (Å²) in [7, 11) is 0. The van der Waals surface area contributed by atoms with Crippen LogP contribution >= 0.6 is 0 Å². The second kappa shape index (κ2) is 7.46. The van der Waals surface area contributed by atoms with E-state index in [1.54, 1.807) is 12.3 Å². The maximum Gasteiger partial charge on any atom is 0.228 e. The zero-order valence-corrected chi connectivity index (χ0v) is 13.9. The van der Waals surface area contributed by atoms with Gasteiger partial charge in [-0.15, -0.1) is 0 Å². The van der Waals surface area contributed by atoms with Crippen molar-refractivity contribution in [1.29, 1.82) is 0 Å². The lowest BCUT2D eigenvalue weighted by molar-refractivity contribution is -0.137. The highest BCUT2D eigenvalue weighted by atomic mass is 16.5. The highest BCUT2D eigenvalue weighted by Crippen LogP contribution is 2.18. The van der Waals surface area contributed by atoms with E-state index in [1.165, 1.54) is 0 Å². The molecule has 2 saturated heterocycles. The maximum atomic E-state index is 12.5. The van der Waals surface area contributed by atoms with Crippen molar-refractivity contribution in [3.63, 3.8) is 0 Å². The first-order chi connectivity index (χ1) is 11.7. The molecule has 0 aliphatic carbocycles. The largest absolute Gasteiger partial charge is 0.478 e. The van der Waals surface area contributed by atoms with Crippen LogP contribution in [0.2, 0.25) is 0 Å². The molecule has 0 unspecified atom stereocenters. The molecule has 1 N–H and O–H groups in total. The fourth-order valence-corrected chi connectivity index (χ4v) is 3.04. The Kier molecular flexibility index (Phi) is 5.12. The molecule has 0 spiro atoms. The molecule has 8 heteroatoms. The van der Waals surface area contributed by atoms with Gasteiger partial charge in [0.1, 0.15) is 0 Å². The van der Waals surface area contributed by atoms with Crippen LogP contribution in [0.3, 0.4) is 0 Å². The molecule has 0 aromatic carbocycles. The van der Waals surface area contributed by atoms with E-state index in [4.69, 9.17) is 4.74 Å². The van der Waals surface area contributed by atoms with Crippen molar-refractivity contribution in [2.24, 2.45) is 5.92 Å². The van der Waals surface area contributed by atoms with Gasteiger partial charge in [-0.2, -0.15) is 4.98 Å². The van der Waals surface area contributed by atoms with Crippen LogP contribution in [-0.2, 0) is 9.59 Å². The number of nitrogens with zero attached hydrogens (tertiary/aromatic N) is 4. The Morgan fingerprint density at radius 2 is 2.17 bits per heavy atom. The minimum Gasteiger partial charge on any atom is -0.478 e. The summed E-state index contributed by atoms with van der Waals surface area (Å²) >= 11 is 0. The average Bonchev–Trinajstić information content (AvgIpc) is 2.62. The third-order valence-corrected chi connectivity index (χ3v) is 4.40. The molecule has 1 aromatic rings. The van der Waals surface area contributed by atoms with E-state index in [-0.39, 0.29) is 17.7 Å². The minimum atomic E-state index is -0.0909. The van der Waals surface area contributed by atoms with Crippen LogP contribution in [0.4, 0.5) is 5.95 Å². The third-order valence-electron chi connectivity index (χ3n) is 4.40. The zero-order chi connectivity index (χ0) is 16.9. The van der Waals surface area contributed by atoms with Crippen LogP contribution in [0.15, 0.2) is 12.3 Å². The maximum absolute atomic E-state index is 12.5. The number of aromatic nitrogens is 2. The van der Waals surface area contributed by atoms with Gasteiger partial charge >= 0.3 is 0 Å². The lowest BCUT2D eigenvalue weighted by Gasteiger charge is -2.37. The van der Waals surface area contributed by atoms with Gasteiger partial charge in [0.25, 0.3) is 0 Å². The van der Waals surface area contributed by atoms with Crippen LogP contribution in [0, 0.1) is 5.92 Å². The number of anilines is 1.